The minimum Gasteiger partial charge on any atom is -0.379 e. The Bertz CT molecular complexity index is 1060. The second kappa shape index (κ2) is 62.9. The predicted octanol–water partition coefficient (Wildman–Crippen LogP) is 24.2. The number of unbranched alkanes of at least 4 members (excludes halogenated alkanes) is 52. The number of rotatable bonds is 65. The van der Waals surface area contributed by atoms with Crippen molar-refractivity contribution in [2.75, 3.05) is 33.0 Å². The third-order valence-corrected chi connectivity index (χ3v) is 17.7. The topological polar surface area (TPSA) is 46.2 Å². The molecule has 1 rings (SSSR count). The Kier molecular flexibility index (Phi) is 61.5. The fourth-order valence-electron chi connectivity index (χ4n) is 11.7. The summed E-state index contributed by atoms with van der Waals surface area (Å²) in [6.07, 6.45) is 75.8. The van der Waals surface area contributed by atoms with Crippen LogP contribution in [0.15, 0.2) is 0 Å². The van der Waals surface area contributed by atoms with Gasteiger partial charge in [-0.2, -0.15) is 0 Å². The maximum atomic E-state index is 6.98. The van der Waals surface area contributed by atoms with Crippen LogP contribution in [0.2, 0.25) is 0 Å². The molecule has 5 nitrogen and oxygen atoms in total. The summed E-state index contributed by atoms with van der Waals surface area (Å²) in [6, 6.07) is 0. The lowest BCUT2D eigenvalue weighted by Crippen LogP contribution is -2.60. The van der Waals surface area contributed by atoms with Crippen LogP contribution >= 0.6 is 15.9 Å². The van der Waals surface area contributed by atoms with Crippen LogP contribution in [0.25, 0.3) is 0 Å². The molecule has 1 aliphatic heterocycles. The van der Waals surface area contributed by atoms with E-state index in [-0.39, 0.29) is 29.4 Å². The van der Waals surface area contributed by atoms with Crippen LogP contribution in [0.1, 0.15) is 387 Å². The number of hydrogen-bond donors (Lipinski definition) is 0. The number of halogens is 1. The molecule has 0 aromatic carbocycles. The van der Waals surface area contributed by atoms with Gasteiger partial charge in [-0.1, -0.05) is 378 Å². The Morgan fingerprint density at radius 2 is 0.434 bits per heavy atom. The third-order valence-electron chi connectivity index (χ3n) is 16.9. The van der Waals surface area contributed by atoms with Crippen molar-refractivity contribution in [3.05, 3.63) is 0 Å². The zero-order valence-electron chi connectivity index (χ0n) is 52.4. The molecule has 5 atom stereocenters. The molecule has 0 amide bonds. The third kappa shape index (κ3) is 50.0. The molecule has 1 aliphatic rings. The van der Waals surface area contributed by atoms with Gasteiger partial charge in [0.1, 0.15) is 29.4 Å². The van der Waals surface area contributed by atoms with Gasteiger partial charge in [-0.25, -0.2) is 0 Å². The lowest BCUT2D eigenvalue weighted by molar-refractivity contribution is -0.246. The van der Waals surface area contributed by atoms with Crippen molar-refractivity contribution >= 4 is 15.9 Å². The van der Waals surface area contributed by atoms with Gasteiger partial charge in [0.15, 0.2) is 0 Å². The molecular formula is C70H139BrO5. The smallest absolute Gasteiger partial charge is 0.141 e. The molecule has 1 saturated heterocycles. The molecule has 0 aliphatic carbocycles. The molecular weight excluding hydrogens is 1000 g/mol. The van der Waals surface area contributed by atoms with Gasteiger partial charge in [-0.15, -0.1) is 0 Å². The summed E-state index contributed by atoms with van der Waals surface area (Å²) in [4.78, 5) is 0. The molecule has 76 heavy (non-hydrogen) atoms. The Morgan fingerprint density at radius 1 is 0.237 bits per heavy atom. The Hall–Kier alpha value is 0.280. The van der Waals surface area contributed by atoms with E-state index in [4.69, 9.17) is 23.7 Å². The van der Waals surface area contributed by atoms with Crippen LogP contribution in [-0.4, -0.2) is 62.5 Å². The van der Waals surface area contributed by atoms with E-state index < -0.39 is 0 Å². The average molecular weight is 1140 g/mol. The standard InChI is InChI=1S/C70H139BrO5/c1-5-9-13-17-21-25-29-33-37-41-45-49-53-57-61-72-65-66-67(73-62-58-54-50-46-42-38-34-30-26-22-18-14-10-6-2)68(74-63-59-55-51-47-43-39-35-31-27-23-19-15-11-7-3)69(70(71)76-66)75-64-60-56-52-48-44-40-36-32-28-24-20-16-12-8-4/h66-70H,5-65H2,1-4H3/t66-,67+,68+,69-,70-/m1/s1. The Morgan fingerprint density at radius 3 is 0.684 bits per heavy atom. The minimum absolute atomic E-state index is 0.173. The maximum absolute atomic E-state index is 6.98. The van der Waals surface area contributed by atoms with Crippen LogP contribution in [0.3, 0.4) is 0 Å². The van der Waals surface area contributed by atoms with E-state index in [0.29, 0.717) is 6.61 Å². The first-order valence-electron chi connectivity index (χ1n) is 35.4. The summed E-state index contributed by atoms with van der Waals surface area (Å²) in [7, 11) is 0. The normalized spacial score (nSPS) is 17.9. The van der Waals surface area contributed by atoms with Crippen molar-refractivity contribution in [2.24, 2.45) is 0 Å². The van der Waals surface area contributed by atoms with Crippen LogP contribution in [-0.2, 0) is 23.7 Å². The van der Waals surface area contributed by atoms with Gasteiger partial charge < -0.3 is 23.7 Å². The second-order valence-corrected chi connectivity index (χ2v) is 25.4. The van der Waals surface area contributed by atoms with Crippen molar-refractivity contribution in [1.29, 1.82) is 0 Å². The predicted molar refractivity (Wildman–Crippen MR) is 339 cm³/mol. The zero-order chi connectivity index (χ0) is 54.6. The van der Waals surface area contributed by atoms with E-state index in [2.05, 4.69) is 43.6 Å². The number of hydrogen-bond acceptors (Lipinski definition) is 5. The van der Waals surface area contributed by atoms with Crippen LogP contribution in [0.5, 0.6) is 0 Å². The van der Waals surface area contributed by atoms with Gasteiger partial charge in [0.25, 0.3) is 0 Å². The second-order valence-electron chi connectivity index (χ2n) is 24.5. The molecule has 0 aromatic rings. The minimum atomic E-state index is -0.240. The van der Waals surface area contributed by atoms with E-state index in [0.717, 1.165) is 52.1 Å². The van der Waals surface area contributed by atoms with Crippen molar-refractivity contribution in [3.63, 3.8) is 0 Å². The van der Waals surface area contributed by atoms with E-state index in [9.17, 15) is 0 Å². The zero-order valence-corrected chi connectivity index (χ0v) is 54.0. The van der Waals surface area contributed by atoms with Gasteiger partial charge in [0.05, 0.1) is 6.61 Å². The van der Waals surface area contributed by atoms with E-state index >= 15 is 0 Å². The highest BCUT2D eigenvalue weighted by molar-refractivity contribution is 9.09. The number of ether oxygens (including phenoxy) is 5. The highest BCUT2D eigenvalue weighted by Crippen LogP contribution is 2.32. The quantitative estimate of drug-likeness (QED) is 0.0449. The highest BCUT2D eigenvalue weighted by Gasteiger charge is 2.47. The summed E-state index contributed by atoms with van der Waals surface area (Å²) in [5.74, 6) is 0. The monoisotopic (exact) mass is 1140 g/mol. The molecule has 0 radical (unpaired) electrons. The molecule has 1 heterocycles. The van der Waals surface area contributed by atoms with Crippen LogP contribution in [0.4, 0.5) is 0 Å². The number of alkyl halides is 1. The first-order valence-corrected chi connectivity index (χ1v) is 36.3. The first-order chi connectivity index (χ1) is 37.7. The Balaban J connectivity index is 2.72. The van der Waals surface area contributed by atoms with Crippen molar-refractivity contribution in [1.82, 2.24) is 0 Å². The maximum Gasteiger partial charge on any atom is 0.141 e. The summed E-state index contributed by atoms with van der Waals surface area (Å²) in [5.41, 5.74) is 0. The van der Waals surface area contributed by atoms with Gasteiger partial charge in [0.2, 0.25) is 0 Å². The summed E-state index contributed by atoms with van der Waals surface area (Å²) in [5, 5.41) is -0.240. The molecule has 0 N–H and O–H groups in total. The first kappa shape index (κ1) is 74.3. The van der Waals surface area contributed by atoms with Crippen LogP contribution < -0.4 is 0 Å². The van der Waals surface area contributed by atoms with Crippen molar-refractivity contribution in [2.45, 2.75) is 417 Å². The molecule has 0 bridgehead atoms. The molecule has 0 unspecified atom stereocenters. The summed E-state index contributed by atoms with van der Waals surface area (Å²) < 4.78 is 34.0. The molecule has 1 fully saturated rings. The van der Waals surface area contributed by atoms with Gasteiger partial charge in [0, 0.05) is 26.4 Å². The fraction of sp³-hybridized carbons (Fsp3) is 1.00. The average Bonchev–Trinajstić information content (AvgIpc) is 3.43. The SMILES string of the molecule is CCCCCCCCCCCCCCCCOC[C@H]1O[C@@H](Br)[C@H](OCCCCCCCCCCCCCCCC)[C@@H](OCCCCCCCCCCCCCCCC)[C@H]1OCCCCCCCCCCCCCCCC. The largest absolute Gasteiger partial charge is 0.379 e. The molecule has 6 heteroatoms. The van der Waals surface area contributed by atoms with Gasteiger partial charge in [-0.3, -0.25) is 0 Å². The van der Waals surface area contributed by atoms with E-state index in [1.54, 1.807) is 0 Å². The highest BCUT2D eigenvalue weighted by atomic mass is 79.9. The lowest BCUT2D eigenvalue weighted by Gasteiger charge is -2.44. The van der Waals surface area contributed by atoms with Crippen LogP contribution in [0, 0.1) is 0 Å². The summed E-state index contributed by atoms with van der Waals surface area (Å²) >= 11 is 4.00. The van der Waals surface area contributed by atoms with E-state index in [1.165, 1.54) is 334 Å². The summed E-state index contributed by atoms with van der Waals surface area (Å²) in [6.45, 7) is 12.8. The van der Waals surface area contributed by atoms with E-state index in [1.807, 2.05) is 0 Å². The Labute approximate surface area is 486 Å². The van der Waals surface area contributed by atoms with Gasteiger partial charge >= 0.3 is 0 Å². The van der Waals surface area contributed by atoms with Gasteiger partial charge in [-0.05, 0) is 25.7 Å². The molecule has 0 aromatic heterocycles. The van der Waals surface area contributed by atoms with Crippen molar-refractivity contribution in [3.8, 4) is 0 Å². The molecule has 0 saturated carbocycles. The lowest BCUT2D eigenvalue weighted by atomic mass is 9.99. The molecule has 456 valence electrons. The fourth-order valence-corrected chi connectivity index (χ4v) is 12.4. The van der Waals surface area contributed by atoms with Crippen molar-refractivity contribution < 1.29 is 23.7 Å². The molecule has 0 spiro atoms.